The van der Waals surface area contributed by atoms with Gasteiger partial charge in [-0.15, -0.1) is 0 Å². The van der Waals surface area contributed by atoms with Gasteiger partial charge in [-0.3, -0.25) is 0 Å². The molecule has 0 fully saturated rings. The molecule has 13 rings (SSSR count). The van der Waals surface area contributed by atoms with Crippen molar-refractivity contribution in [2.75, 3.05) is 0 Å². The lowest BCUT2D eigenvalue weighted by Crippen LogP contribution is -2.12. The fourth-order valence-electron chi connectivity index (χ4n) is 13.2. The molecular weight excluding hydrogens is 1300 g/mol. The number of aromatic nitrogens is 2. The number of nitriles is 7. The molecule has 0 saturated heterocycles. The standard InChI is InChI=1S/C81H29F6N15/c1-95-55-24-50(39-91)76(51(25-55)40-92)45-8-17-71-63(28-45)64-29-46(77-49(38-90)21-44(37-89)23-68(77)98-4)9-18-72(64)101(71)58-13-15-59(60-14-12-54(80(82,83)84)32-67(60)81(85,86)87)61(35-58)62-22-43(36-88)7-16-73(62)102-74-19-10-47(78-52(41-93)26-56(96-2)33-69(78)99-5)30-65(74)66-31-48(11-20-75(66)102)79-53(42-94)27-57(97-3)34-70(79)100-6/h7-35H. The van der Waals surface area contributed by atoms with Crippen LogP contribution >= 0.6 is 0 Å². The molecule has 0 atom stereocenters. The van der Waals surface area contributed by atoms with Crippen LogP contribution in [0.3, 0.4) is 0 Å². The first kappa shape index (κ1) is 64.7. The predicted molar refractivity (Wildman–Crippen MR) is 368 cm³/mol. The van der Waals surface area contributed by atoms with Crippen molar-refractivity contribution in [3.05, 3.63) is 294 Å². The van der Waals surface area contributed by atoms with Crippen LogP contribution in [-0.2, 0) is 12.4 Å². The molecule has 102 heavy (non-hydrogen) atoms. The number of rotatable bonds is 8. The highest BCUT2D eigenvalue weighted by Gasteiger charge is 2.39. The summed E-state index contributed by atoms with van der Waals surface area (Å²) in [5.41, 5.74) is -0.824. The lowest BCUT2D eigenvalue weighted by molar-refractivity contribution is -0.142. The maximum atomic E-state index is 15.8. The number of benzene rings is 11. The molecule has 0 saturated carbocycles. The fourth-order valence-corrected chi connectivity index (χ4v) is 13.2. The van der Waals surface area contributed by atoms with Crippen LogP contribution in [0, 0.1) is 119 Å². The Labute approximate surface area is 574 Å². The smallest absolute Gasteiger partial charge is 0.309 e. The van der Waals surface area contributed by atoms with Crippen molar-refractivity contribution in [3.63, 3.8) is 0 Å². The molecule has 0 aliphatic heterocycles. The first-order chi connectivity index (χ1) is 49.2. The molecule has 0 bridgehead atoms. The predicted octanol–water partition coefficient (Wildman–Crippen LogP) is 22.3. The van der Waals surface area contributed by atoms with Gasteiger partial charge in [0.2, 0.25) is 0 Å². The highest BCUT2D eigenvalue weighted by atomic mass is 19.4. The van der Waals surface area contributed by atoms with Gasteiger partial charge in [-0.05, 0) is 166 Å². The maximum absolute atomic E-state index is 15.8. The summed E-state index contributed by atoms with van der Waals surface area (Å²) < 4.78 is 94.6. The lowest BCUT2D eigenvalue weighted by atomic mass is 9.88. The Balaban J connectivity index is 1.16. The molecule has 0 aliphatic carbocycles. The molecule has 2 aromatic heterocycles. The minimum absolute atomic E-state index is 0.0122. The summed E-state index contributed by atoms with van der Waals surface area (Å²) in [5.74, 6) is 0. The van der Waals surface area contributed by atoms with Crippen LogP contribution in [0.25, 0.3) is 151 Å². The number of halogens is 6. The number of hydrogen-bond donors (Lipinski definition) is 0. The van der Waals surface area contributed by atoms with Crippen LogP contribution in [0.1, 0.15) is 50.1 Å². The third-order valence-electron chi connectivity index (χ3n) is 17.5. The monoisotopic (exact) mass is 1330 g/mol. The summed E-state index contributed by atoms with van der Waals surface area (Å²) >= 11 is 0. The van der Waals surface area contributed by atoms with Crippen LogP contribution in [0.2, 0.25) is 0 Å². The summed E-state index contributed by atoms with van der Waals surface area (Å²) in [6, 6.07) is 54.8. The Kier molecular flexibility index (Phi) is 15.8. The molecule has 21 heteroatoms. The third kappa shape index (κ3) is 10.7. The van der Waals surface area contributed by atoms with Gasteiger partial charge in [0.25, 0.3) is 0 Å². The normalized spacial score (nSPS) is 10.9. The number of alkyl halides is 6. The molecule has 0 aliphatic rings. The Hall–Kier alpha value is -16.0. The average molecular weight is 1330 g/mol. The highest BCUT2D eigenvalue weighted by molar-refractivity contribution is 6.15. The van der Waals surface area contributed by atoms with E-state index in [1.165, 1.54) is 84.9 Å². The first-order valence-electron chi connectivity index (χ1n) is 29.8. The Bertz CT molecular complexity index is 6170. The van der Waals surface area contributed by atoms with Crippen LogP contribution in [0.4, 0.5) is 60.5 Å². The molecule has 13 aromatic rings. The second-order valence-electron chi connectivity index (χ2n) is 22.9. The van der Waals surface area contributed by atoms with E-state index >= 15 is 13.2 Å². The van der Waals surface area contributed by atoms with Gasteiger partial charge in [-0.2, -0.15) is 63.2 Å². The van der Waals surface area contributed by atoms with Gasteiger partial charge in [-0.25, -0.2) is 29.1 Å². The maximum Gasteiger partial charge on any atom is 0.417 e. The first-order valence-corrected chi connectivity index (χ1v) is 29.8. The summed E-state index contributed by atoms with van der Waals surface area (Å²) in [4.78, 5) is 21.4. The van der Waals surface area contributed by atoms with Crippen molar-refractivity contribution in [2.24, 2.45) is 0 Å². The van der Waals surface area contributed by atoms with Gasteiger partial charge in [0.05, 0.1) is 143 Å². The molecule has 0 radical (unpaired) electrons. The second kappa shape index (κ2) is 24.9. The Morgan fingerprint density at radius 3 is 1.12 bits per heavy atom. The van der Waals surface area contributed by atoms with Gasteiger partial charge in [0.15, 0.2) is 34.1 Å². The van der Waals surface area contributed by atoms with Crippen molar-refractivity contribution in [1.29, 1.82) is 36.8 Å². The van der Waals surface area contributed by atoms with E-state index in [4.69, 9.17) is 39.4 Å². The molecule has 470 valence electrons. The van der Waals surface area contributed by atoms with Crippen LogP contribution in [0.5, 0.6) is 0 Å². The van der Waals surface area contributed by atoms with Gasteiger partial charge < -0.3 is 9.13 Å². The second-order valence-corrected chi connectivity index (χ2v) is 22.9. The molecule has 11 aromatic carbocycles. The van der Waals surface area contributed by atoms with E-state index in [-0.39, 0.29) is 129 Å². The third-order valence-corrected chi connectivity index (χ3v) is 17.5. The van der Waals surface area contributed by atoms with Crippen molar-refractivity contribution in [2.45, 2.75) is 12.4 Å². The summed E-state index contributed by atoms with van der Waals surface area (Å²) in [6.07, 6.45) is -10.7. The van der Waals surface area contributed by atoms with Crippen LogP contribution < -0.4 is 0 Å². The fraction of sp³-hybridized carbons (Fsp3) is 0.0247. The van der Waals surface area contributed by atoms with Crippen molar-refractivity contribution >= 4 is 77.7 Å². The van der Waals surface area contributed by atoms with E-state index in [1.807, 2.05) is 6.07 Å². The molecular formula is C81H29F6N15. The molecule has 2 heterocycles. The molecule has 0 unspecified atom stereocenters. The van der Waals surface area contributed by atoms with Gasteiger partial charge in [-0.1, -0.05) is 48.5 Å². The van der Waals surface area contributed by atoms with Crippen LogP contribution in [-0.4, -0.2) is 9.13 Å². The Morgan fingerprint density at radius 2 is 0.706 bits per heavy atom. The average Bonchev–Trinajstić information content (AvgIpc) is 1.60. The summed E-state index contributed by atoms with van der Waals surface area (Å²) in [5, 5.41) is 74.8. The van der Waals surface area contributed by atoms with E-state index in [0.717, 1.165) is 0 Å². The zero-order valence-electron chi connectivity index (χ0n) is 51.7. The SMILES string of the molecule is [C-]#[N+]c1cc(C#N)c(-c2ccc3c(c2)c2cc(-c4c(C#N)cc(C#N)cc4[N+]#[C-])ccc2n3-c2ccc(-c3ccc(C(F)(F)F)cc3C(F)(F)F)c(-c3cc(C#N)ccc3-n3c4ccc(-c5c(C#N)cc([N+]#[C-])cc5[N+]#[C-])cc4c4cc(-c5c(C#N)cc([N+]#[C-])cc5[N+]#[C-])ccc43)c2)c(C#N)c1. The topological polar surface area (TPSA) is 203 Å². The van der Waals surface area contributed by atoms with Gasteiger partial charge >= 0.3 is 12.4 Å². The summed E-state index contributed by atoms with van der Waals surface area (Å²) in [6.45, 7) is 47.6. The van der Waals surface area contributed by atoms with Gasteiger partial charge in [0.1, 0.15) is 0 Å². The number of nitrogens with zero attached hydrogens (tertiary/aromatic N) is 15. The quantitative estimate of drug-likeness (QED) is 0.106. The number of hydrogen-bond acceptors (Lipinski definition) is 7. The van der Waals surface area contributed by atoms with Crippen LogP contribution in [0.15, 0.2) is 176 Å². The molecule has 0 spiro atoms. The van der Waals surface area contributed by atoms with E-state index < -0.39 is 29.0 Å². The largest absolute Gasteiger partial charge is 0.417 e. The number of fused-ring (bicyclic) bond motifs is 6. The highest BCUT2D eigenvalue weighted by Crippen LogP contribution is 2.50. The van der Waals surface area contributed by atoms with Crippen molar-refractivity contribution in [3.8, 4) is 121 Å². The minimum atomic E-state index is -5.43. The molecule has 0 amide bonds. The van der Waals surface area contributed by atoms with E-state index in [0.29, 0.717) is 78.0 Å². The minimum Gasteiger partial charge on any atom is -0.309 e. The van der Waals surface area contributed by atoms with E-state index in [1.54, 1.807) is 81.9 Å². The van der Waals surface area contributed by atoms with E-state index in [2.05, 4.69) is 65.5 Å². The lowest BCUT2D eigenvalue weighted by Gasteiger charge is -2.22. The van der Waals surface area contributed by atoms with Crippen molar-refractivity contribution < 1.29 is 26.3 Å². The summed E-state index contributed by atoms with van der Waals surface area (Å²) in [7, 11) is 0. The molecule has 0 N–H and O–H groups in total. The van der Waals surface area contributed by atoms with E-state index in [9.17, 15) is 50.0 Å². The van der Waals surface area contributed by atoms with Crippen molar-refractivity contribution in [1.82, 2.24) is 9.13 Å². The zero-order chi connectivity index (χ0) is 72.2. The zero-order valence-corrected chi connectivity index (χ0v) is 51.7. The van der Waals surface area contributed by atoms with Gasteiger partial charge in [0, 0.05) is 71.7 Å². The molecule has 15 nitrogen and oxygen atoms in total. The Morgan fingerprint density at radius 1 is 0.304 bits per heavy atom.